The SMILES string of the molecule is CC(NC(=O)CCCN(c1ccc2c(c1)OCO2)S(C)(=O)=O)c1ccc2c(c1)CCCC2. The number of fused-ring (bicyclic) bond motifs is 2. The van der Waals surface area contributed by atoms with E-state index >= 15 is 0 Å². The van der Waals surface area contributed by atoms with Crippen molar-refractivity contribution in [1.29, 1.82) is 0 Å². The van der Waals surface area contributed by atoms with Crippen molar-refractivity contribution in [3.63, 3.8) is 0 Å². The Balaban J connectivity index is 1.33. The minimum Gasteiger partial charge on any atom is -0.454 e. The number of sulfonamides is 1. The maximum Gasteiger partial charge on any atom is 0.232 e. The zero-order valence-corrected chi connectivity index (χ0v) is 19.4. The van der Waals surface area contributed by atoms with E-state index in [0.29, 0.717) is 23.6 Å². The third kappa shape index (κ3) is 5.18. The highest BCUT2D eigenvalue weighted by Gasteiger charge is 2.22. The molecular formula is C24H30N2O5S. The number of anilines is 1. The van der Waals surface area contributed by atoms with Gasteiger partial charge in [-0.2, -0.15) is 0 Å². The van der Waals surface area contributed by atoms with Gasteiger partial charge in [0.1, 0.15) is 0 Å². The van der Waals surface area contributed by atoms with Gasteiger partial charge in [-0.15, -0.1) is 0 Å². The summed E-state index contributed by atoms with van der Waals surface area (Å²) in [5.41, 5.74) is 4.42. The molecule has 32 heavy (non-hydrogen) atoms. The van der Waals surface area contributed by atoms with E-state index in [9.17, 15) is 13.2 Å². The smallest absolute Gasteiger partial charge is 0.232 e. The predicted molar refractivity (Wildman–Crippen MR) is 124 cm³/mol. The molecule has 1 unspecified atom stereocenters. The molecule has 4 rings (SSSR count). The first kappa shape index (κ1) is 22.5. The van der Waals surface area contributed by atoms with Crippen molar-refractivity contribution in [2.75, 3.05) is 23.9 Å². The molecule has 1 amide bonds. The van der Waals surface area contributed by atoms with Crippen LogP contribution in [0, 0.1) is 0 Å². The van der Waals surface area contributed by atoms with Crippen LogP contribution in [-0.2, 0) is 27.7 Å². The Morgan fingerprint density at radius 3 is 2.59 bits per heavy atom. The van der Waals surface area contributed by atoms with E-state index in [0.717, 1.165) is 24.7 Å². The number of aryl methyl sites for hydroxylation is 2. The maximum absolute atomic E-state index is 12.5. The third-order valence-corrected chi connectivity index (χ3v) is 7.25. The van der Waals surface area contributed by atoms with E-state index in [2.05, 4.69) is 23.5 Å². The van der Waals surface area contributed by atoms with E-state index in [4.69, 9.17) is 9.47 Å². The van der Waals surface area contributed by atoms with Crippen molar-refractivity contribution < 1.29 is 22.7 Å². The first-order valence-electron chi connectivity index (χ1n) is 11.1. The molecule has 1 aliphatic heterocycles. The van der Waals surface area contributed by atoms with E-state index in [1.54, 1.807) is 18.2 Å². The Bertz CT molecular complexity index is 1100. The Kier molecular flexibility index (Phi) is 6.60. The van der Waals surface area contributed by atoms with Gasteiger partial charge in [0.15, 0.2) is 11.5 Å². The lowest BCUT2D eigenvalue weighted by Crippen LogP contribution is -2.32. The highest BCUT2D eigenvalue weighted by Crippen LogP contribution is 2.36. The van der Waals surface area contributed by atoms with Gasteiger partial charge in [0.25, 0.3) is 0 Å². The third-order valence-electron chi connectivity index (χ3n) is 6.06. The monoisotopic (exact) mass is 458 g/mol. The van der Waals surface area contributed by atoms with Gasteiger partial charge in [0.05, 0.1) is 18.0 Å². The van der Waals surface area contributed by atoms with E-state index in [1.165, 1.54) is 28.3 Å². The fraction of sp³-hybridized carbons (Fsp3) is 0.458. The normalized spacial score (nSPS) is 15.7. The molecule has 0 spiro atoms. The first-order valence-corrected chi connectivity index (χ1v) is 12.9. The molecule has 0 saturated carbocycles. The molecule has 8 heteroatoms. The average Bonchev–Trinajstić information content (AvgIpc) is 3.23. The van der Waals surface area contributed by atoms with E-state index in [1.807, 2.05) is 6.92 Å². The van der Waals surface area contributed by atoms with E-state index in [-0.39, 0.29) is 31.7 Å². The van der Waals surface area contributed by atoms with Crippen LogP contribution in [0.25, 0.3) is 0 Å². The minimum atomic E-state index is -3.50. The van der Waals surface area contributed by atoms with Crippen LogP contribution in [-0.4, -0.2) is 33.9 Å². The molecule has 1 heterocycles. The van der Waals surface area contributed by atoms with Crippen LogP contribution in [0.5, 0.6) is 11.5 Å². The lowest BCUT2D eigenvalue weighted by molar-refractivity contribution is -0.121. The van der Waals surface area contributed by atoms with Crippen LogP contribution in [0.15, 0.2) is 36.4 Å². The second-order valence-electron chi connectivity index (χ2n) is 8.50. The molecule has 1 N–H and O–H groups in total. The van der Waals surface area contributed by atoms with Gasteiger partial charge in [-0.05, 0) is 67.9 Å². The largest absolute Gasteiger partial charge is 0.454 e. The number of nitrogens with zero attached hydrogens (tertiary/aromatic N) is 1. The average molecular weight is 459 g/mol. The molecule has 1 atom stereocenters. The van der Waals surface area contributed by atoms with Crippen molar-refractivity contribution in [2.45, 2.75) is 51.5 Å². The predicted octanol–water partition coefficient (Wildman–Crippen LogP) is 3.72. The second-order valence-corrected chi connectivity index (χ2v) is 10.4. The van der Waals surface area contributed by atoms with Crippen LogP contribution < -0.4 is 19.1 Å². The summed E-state index contributed by atoms with van der Waals surface area (Å²) in [4.78, 5) is 12.5. The lowest BCUT2D eigenvalue weighted by Gasteiger charge is -2.23. The van der Waals surface area contributed by atoms with Crippen molar-refractivity contribution in [3.8, 4) is 11.5 Å². The number of benzene rings is 2. The highest BCUT2D eigenvalue weighted by atomic mass is 32.2. The fourth-order valence-corrected chi connectivity index (χ4v) is 5.29. The number of amides is 1. The van der Waals surface area contributed by atoms with E-state index < -0.39 is 10.0 Å². The molecule has 0 fully saturated rings. The summed E-state index contributed by atoms with van der Waals surface area (Å²) in [5, 5.41) is 3.05. The number of rotatable bonds is 8. The molecule has 0 aromatic heterocycles. The summed E-state index contributed by atoms with van der Waals surface area (Å²) in [6.07, 6.45) is 6.51. The van der Waals surface area contributed by atoms with Crippen LogP contribution in [0.2, 0.25) is 0 Å². The van der Waals surface area contributed by atoms with Crippen LogP contribution in [0.4, 0.5) is 5.69 Å². The summed E-state index contributed by atoms with van der Waals surface area (Å²) < 4.78 is 36.6. The molecule has 0 bridgehead atoms. The Labute approximate surface area is 189 Å². The molecule has 2 aliphatic rings. The number of nitrogens with one attached hydrogen (secondary N) is 1. The quantitative estimate of drug-likeness (QED) is 0.652. The standard InChI is InChI=1S/C24H30N2O5S/c1-17(19-10-9-18-6-3-4-7-20(18)14-19)25-24(27)8-5-13-26(32(2,28)29)21-11-12-22-23(15-21)31-16-30-22/h9-12,14-15,17H,3-8,13,16H2,1-2H3,(H,25,27). The topological polar surface area (TPSA) is 84.9 Å². The lowest BCUT2D eigenvalue weighted by atomic mass is 9.89. The molecular weight excluding hydrogens is 428 g/mol. The first-order chi connectivity index (χ1) is 15.3. The molecule has 1 aliphatic carbocycles. The molecule has 7 nitrogen and oxygen atoms in total. The Hall–Kier alpha value is -2.74. The van der Waals surface area contributed by atoms with Gasteiger partial charge in [-0.1, -0.05) is 18.2 Å². The summed E-state index contributed by atoms with van der Waals surface area (Å²) in [7, 11) is -3.50. The zero-order chi connectivity index (χ0) is 22.7. The van der Waals surface area contributed by atoms with Gasteiger partial charge in [0.2, 0.25) is 22.7 Å². The van der Waals surface area contributed by atoms with Gasteiger partial charge in [-0.25, -0.2) is 8.42 Å². The fourth-order valence-electron chi connectivity index (χ4n) is 4.33. The maximum atomic E-state index is 12.5. The van der Waals surface area contributed by atoms with Crippen molar-refractivity contribution >= 4 is 21.6 Å². The van der Waals surface area contributed by atoms with Crippen molar-refractivity contribution in [1.82, 2.24) is 5.32 Å². The van der Waals surface area contributed by atoms with Gasteiger partial charge < -0.3 is 14.8 Å². The van der Waals surface area contributed by atoms with Crippen molar-refractivity contribution in [3.05, 3.63) is 53.1 Å². The summed E-state index contributed by atoms with van der Waals surface area (Å²) in [5.74, 6) is 1.03. The number of hydrogen-bond donors (Lipinski definition) is 1. The van der Waals surface area contributed by atoms with Gasteiger partial charge in [0, 0.05) is 19.0 Å². The Morgan fingerprint density at radius 1 is 1.06 bits per heavy atom. The summed E-state index contributed by atoms with van der Waals surface area (Å²) in [6, 6.07) is 11.4. The molecule has 172 valence electrons. The second kappa shape index (κ2) is 9.40. The number of hydrogen-bond acceptors (Lipinski definition) is 5. The number of ether oxygens (including phenoxy) is 2. The molecule has 2 aromatic carbocycles. The van der Waals surface area contributed by atoms with Gasteiger partial charge >= 0.3 is 0 Å². The van der Waals surface area contributed by atoms with Crippen LogP contribution in [0.1, 0.15) is 55.3 Å². The summed E-state index contributed by atoms with van der Waals surface area (Å²) in [6.45, 7) is 2.32. The van der Waals surface area contributed by atoms with Gasteiger partial charge in [-0.3, -0.25) is 9.10 Å². The number of carbonyl (C=O) groups is 1. The Morgan fingerprint density at radius 2 is 1.81 bits per heavy atom. The van der Waals surface area contributed by atoms with Crippen molar-refractivity contribution in [2.24, 2.45) is 0 Å². The minimum absolute atomic E-state index is 0.0883. The summed E-state index contributed by atoms with van der Waals surface area (Å²) >= 11 is 0. The zero-order valence-electron chi connectivity index (χ0n) is 18.6. The molecule has 0 radical (unpaired) electrons. The van der Waals surface area contributed by atoms with Crippen LogP contribution >= 0.6 is 0 Å². The number of carbonyl (C=O) groups excluding carboxylic acids is 1. The molecule has 0 saturated heterocycles. The van der Waals surface area contributed by atoms with Crippen LogP contribution in [0.3, 0.4) is 0 Å². The molecule has 2 aromatic rings. The highest BCUT2D eigenvalue weighted by molar-refractivity contribution is 7.92.